The molecule has 0 unspecified atom stereocenters. The zero-order valence-electron chi connectivity index (χ0n) is 14.8. The maximum absolute atomic E-state index is 12.6. The summed E-state index contributed by atoms with van der Waals surface area (Å²) in [6, 6.07) is 11.6. The average Bonchev–Trinajstić information content (AvgIpc) is 2.58. The summed E-state index contributed by atoms with van der Waals surface area (Å²) in [5.41, 5.74) is 1.54. The molecule has 2 aromatic carbocycles. The van der Waals surface area contributed by atoms with Crippen molar-refractivity contribution in [3.8, 4) is 11.8 Å². The van der Waals surface area contributed by atoms with E-state index in [9.17, 15) is 9.59 Å². The van der Waals surface area contributed by atoms with Gasteiger partial charge >= 0.3 is 0 Å². The first-order valence-electron chi connectivity index (χ1n) is 8.45. The summed E-state index contributed by atoms with van der Waals surface area (Å²) in [6.07, 6.45) is 0. The van der Waals surface area contributed by atoms with Crippen LogP contribution in [0.3, 0.4) is 0 Å². The van der Waals surface area contributed by atoms with Crippen LogP contribution in [0.4, 0.5) is 0 Å². The molecule has 128 valence electrons. The second-order valence-electron chi connectivity index (χ2n) is 7.35. The number of hydrogen-bond acceptors (Lipinski definition) is 2. The number of carbonyl (C=O) groups excluding carboxylic acids is 2. The topological polar surface area (TPSA) is 49.4 Å². The molecule has 0 bridgehead atoms. The van der Waals surface area contributed by atoms with Gasteiger partial charge in [-0.05, 0) is 55.8 Å². The second kappa shape index (κ2) is 6.60. The first kappa shape index (κ1) is 17.0. The van der Waals surface area contributed by atoms with Gasteiger partial charge in [-0.2, -0.15) is 0 Å². The molecule has 4 nitrogen and oxygen atoms in total. The fraction of sp³-hybridized carbons (Fsp3) is 0.333. The third-order valence-electron chi connectivity index (χ3n) is 3.99. The van der Waals surface area contributed by atoms with Crippen LogP contribution >= 0.6 is 0 Å². The quantitative estimate of drug-likeness (QED) is 0.815. The van der Waals surface area contributed by atoms with Crippen LogP contribution in [0.15, 0.2) is 36.4 Å². The second-order valence-corrected chi connectivity index (χ2v) is 7.35. The van der Waals surface area contributed by atoms with Crippen molar-refractivity contribution < 1.29 is 9.59 Å². The molecule has 0 aromatic heterocycles. The molecule has 0 saturated carbocycles. The minimum atomic E-state index is -0.109. The molecule has 0 radical (unpaired) electrons. The summed E-state index contributed by atoms with van der Waals surface area (Å²) >= 11 is 0. The van der Waals surface area contributed by atoms with Crippen molar-refractivity contribution in [3.05, 3.63) is 47.5 Å². The van der Waals surface area contributed by atoms with Gasteiger partial charge in [0, 0.05) is 29.6 Å². The molecule has 4 heteroatoms. The predicted molar refractivity (Wildman–Crippen MR) is 99.2 cm³/mol. The van der Waals surface area contributed by atoms with Crippen molar-refractivity contribution in [1.29, 1.82) is 0 Å². The maximum Gasteiger partial charge on any atom is 0.254 e. The molecule has 2 amide bonds. The van der Waals surface area contributed by atoms with Crippen molar-refractivity contribution >= 4 is 22.6 Å². The minimum absolute atomic E-state index is 0.0357. The van der Waals surface area contributed by atoms with Crippen LogP contribution in [0.2, 0.25) is 0 Å². The van der Waals surface area contributed by atoms with Gasteiger partial charge in [0.05, 0.1) is 6.54 Å². The van der Waals surface area contributed by atoms with Crippen molar-refractivity contribution in [2.75, 3.05) is 19.6 Å². The Balaban J connectivity index is 1.86. The van der Waals surface area contributed by atoms with E-state index in [-0.39, 0.29) is 23.8 Å². The SMILES string of the molecule is CC(C)(C)C#Cc1ccc2cc(C(=O)N3CCNC(=O)C3)ccc2c1. The number of benzene rings is 2. The highest BCUT2D eigenvalue weighted by molar-refractivity contribution is 6.00. The highest BCUT2D eigenvalue weighted by Crippen LogP contribution is 2.19. The van der Waals surface area contributed by atoms with Gasteiger partial charge in [-0.1, -0.05) is 24.0 Å². The van der Waals surface area contributed by atoms with Gasteiger partial charge in [-0.15, -0.1) is 0 Å². The first-order valence-corrected chi connectivity index (χ1v) is 8.45. The third-order valence-corrected chi connectivity index (χ3v) is 3.99. The minimum Gasteiger partial charge on any atom is -0.353 e. The van der Waals surface area contributed by atoms with E-state index in [1.807, 2.05) is 36.4 Å². The number of hydrogen-bond donors (Lipinski definition) is 1. The van der Waals surface area contributed by atoms with Gasteiger partial charge in [0.2, 0.25) is 5.91 Å². The Morgan fingerprint density at radius 2 is 1.84 bits per heavy atom. The largest absolute Gasteiger partial charge is 0.353 e. The van der Waals surface area contributed by atoms with Gasteiger partial charge < -0.3 is 10.2 Å². The molecule has 1 aliphatic heterocycles. The maximum atomic E-state index is 12.6. The average molecular weight is 334 g/mol. The Morgan fingerprint density at radius 3 is 2.56 bits per heavy atom. The van der Waals surface area contributed by atoms with Crippen LogP contribution in [0.25, 0.3) is 10.8 Å². The van der Waals surface area contributed by atoms with Crippen LogP contribution in [0.5, 0.6) is 0 Å². The molecule has 0 spiro atoms. The Morgan fingerprint density at radius 1 is 1.12 bits per heavy atom. The first-order chi connectivity index (χ1) is 11.8. The predicted octanol–water partition coefficient (Wildman–Crippen LogP) is 2.81. The molecule has 2 aromatic rings. The van der Waals surface area contributed by atoms with Gasteiger partial charge in [0.1, 0.15) is 0 Å². The molecular weight excluding hydrogens is 312 g/mol. The highest BCUT2D eigenvalue weighted by Gasteiger charge is 2.22. The molecule has 1 fully saturated rings. The van der Waals surface area contributed by atoms with Crippen molar-refractivity contribution in [1.82, 2.24) is 10.2 Å². The van der Waals surface area contributed by atoms with Gasteiger partial charge in [0.15, 0.2) is 0 Å². The molecule has 1 N–H and O–H groups in total. The summed E-state index contributed by atoms with van der Waals surface area (Å²) < 4.78 is 0. The normalized spacial score (nSPS) is 14.7. The molecule has 3 rings (SSSR count). The van der Waals surface area contributed by atoms with E-state index in [1.165, 1.54) is 0 Å². The van der Waals surface area contributed by atoms with Crippen molar-refractivity contribution in [2.24, 2.45) is 5.41 Å². The van der Waals surface area contributed by atoms with E-state index >= 15 is 0 Å². The molecule has 1 saturated heterocycles. The lowest BCUT2D eigenvalue weighted by atomic mass is 9.97. The summed E-state index contributed by atoms with van der Waals surface area (Å²) in [4.78, 5) is 25.7. The highest BCUT2D eigenvalue weighted by atomic mass is 16.2. The number of amides is 2. The van der Waals surface area contributed by atoms with Crippen LogP contribution < -0.4 is 5.32 Å². The van der Waals surface area contributed by atoms with E-state index in [0.29, 0.717) is 18.7 Å². The molecule has 1 aliphatic rings. The third kappa shape index (κ3) is 4.19. The zero-order chi connectivity index (χ0) is 18.0. The number of rotatable bonds is 1. The fourth-order valence-electron chi connectivity index (χ4n) is 2.71. The van der Waals surface area contributed by atoms with E-state index < -0.39 is 0 Å². The van der Waals surface area contributed by atoms with Crippen molar-refractivity contribution in [2.45, 2.75) is 20.8 Å². The zero-order valence-corrected chi connectivity index (χ0v) is 14.8. The lowest BCUT2D eigenvalue weighted by Gasteiger charge is -2.26. The Bertz CT molecular complexity index is 897. The number of piperazine rings is 1. The van der Waals surface area contributed by atoms with Crippen LogP contribution in [-0.4, -0.2) is 36.3 Å². The molecule has 1 heterocycles. The standard InChI is InChI=1S/C21H22N2O2/c1-21(2,3)9-8-15-4-5-17-13-18(7-6-16(17)12-15)20(25)23-11-10-22-19(24)14-23/h4-7,12-13H,10-11,14H2,1-3H3,(H,22,24). The van der Waals surface area contributed by atoms with E-state index in [0.717, 1.165) is 16.3 Å². The van der Waals surface area contributed by atoms with E-state index in [2.05, 4.69) is 37.9 Å². The van der Waals surface area contributed by atoms with E-state index in [1.54, 1.807) is 4.90 Å². The smallest absolute Gasteiger partial charge is 0.254 e. The molecule has 25 heavy (non-hydrogen) atoms. The van der Waals surface area contributed by atoms with Crippen molar-refractivity contribution in [3.63, 3.8) is 0 Å². The van der Waals surface area contributed by atoms with Gasteiger partial charge in [0.25, 0.3) is 5.91 Å². The fourth-order valence-corrected chi connectivity index (χ4v) is 2.71. The number of fused-ring (bicyclic) bond motifs is 1. The number of nitrogens with zero attached hydrogens (tertiary/aromatic N) is 1. The summed E-state index contributed by atoms with van der Waals surface area (Å²) in [6.45, 7) is 7.43. The monoisotopic (exact) mass is 334 g/mol. The van der Waals surface area contributed by atoms with Crippen LogP contribution in [-0.2, 0) is 4.79 Å². The van der Waals surface area contributed by atoms with Gasteiger partial charge in [-0.3, -0.25) is 9.59 Å². The molecular formula is C21H22N2O2. The Hall–Kier alpha value is -2.80. The van der Waals surface area contributed by atoms with Crippen LogP contribution in [0, 0.1) is 17.3 Å². The van der Waals surface area contributed by atoms with E-state index in [4.69, 9.17) is 0 Å². The summed E-state index contributed by atoms with van der Waals surface area (Å²) in [7, 11) is 0. The molecule has 0 aliphatic carbocycles. The lowest BCUT2D eigenvalue weighted by Crippen LogP contribution is -2.49. The Kier molecular flexibility index (Phi) is 4.50. The van der Waals surface area contributed by atoms with Gasteiger partial charge in [-0.25, -0.2) is 0 Å². The number of carbonyl (C=O) groups is 2. The Labute approximate surface area is 148 Å². The number of nitrogens with one attached hydrogen (secondary N) is 1. The summed E-state index contributed by atoms with van der Waals surface area (Å²) in [5.74, 6) is 6.22. The molecule has 0 atom stereocenters. The van der Waals surface area contributed by atoms with Crippen LogP contribution in [0.1, 0.15) is 36.7 Å². The lowest BCUT2D eigenvalue weighted by molar-refractivity contribution is -0.123. The summed E-state index contributed by atoms with van der Waals surface area (Å²) in [5, 5.41) is 4.77.